The molecule has 5 heteroatoms. The van der Waals surface area contributed by atoms with E-state index in [1.807, 2.05) is 49.1 Å². The van der Waals surface area contributed by atoms with Crippen LogP contribution in [-0.4, -0.2) is 35.6 Å². The highest BCUT2D eigenvalue weighted by Crippen LogP contribution is 2.29. The maximum atomic E-state index is 13.7. The number of pyridine rings is 1. The number of aromatic nitrogens is 1. The Balaban J connectivity index is 1.64. The number of likely N-dealkylation sites (tertiary alicyclic amines) is 1. The third-order valence-electron chi connectivity index (χ3n) is 6.98. The van der Waals surface area contributed by atoms with Gasteiger partial charge in [-0.3, -0.25) is 9.59 Å². The number of amides is 1. The Morgan fingerprint density at radius 1 is 1.03 bits per heavy atom. The maximum absolute atomic E-state index is 13.7. The molecule has 1 aliphatic rings. The highest BCUT2D eigenvalue weighted by atomic mass is 16.5. The first-order valence-electron chi connectivity index (χ1n) is 12.2. The fourth-order valence-corrected chi connectivity index (χ4v) is 5.17. The van der Waals surface area contributed by atoms with Gasteiger partial charge in [-0.15, -0.1) is 0 Å². The molecule has 34 heavy (non-hydrogen) atoms. The van der Waals surface area contributed by atoms with Gasteiger partial charge >= 0.3 is 0 Å². The Labute approximate surface area is 202 Å². The molecule has 1 saturated heterocycles. The Kier molecular flexibility index (Phi) is 7.51. The minimum atomic E-state index is -0.181. The maximum Gasteiger partial charge on any atom is 0.259 e. The topological polar surface area (TPSA) is 51.5 Å². The molecule has 1 aliphatic heterocycles. The molecule has 2 aromatic carbocycles. The minimum Gasteiger partial charge on any atom is -0.496 e. The van der Waals surface area contributed by atoms with Crippen LogP contribution in [0.15, 0.2) is 65.5 Å². The van der Waals surface area contributed by atoms with E-state index in [0.29, 0.717) is 37.5 Å². The molecule has 1 fully saturated rings. The first kappa shape index (κ1) is 23.8. The lowest BCUT2D eigenvalue weighted by molar-refractivity contribution is 0.0757. The van der Waals surface area contributed by atoms with Crippen LogP contribution in [0.25, 0.3) is 0 Å². The summed E-state index contributed by atoms with van der Waals surface area (Å²) in [6, 6.07) is 20.0. The van der Waals surface area contributed by atoms with Gasteiger partial charge in [-0.05, 0) is 50.2 Å². The molecule has 0 N–H and O–H groups in total. The SMILES string of the molecule is CCc1c(C(=O)N2CCC[C@@H](c3ccccc3)CC2)c(=O)cc(C)n1Cc1ccccc1OC. The van der Waals surface area contributed by atoms with E-state index in [1.54, 1.807) is 13.2 Å². The van der Waals surface area contributed by atoms with E-state index in [0.717, 1.165) is 42.0 Å². The van der Waals surface area contributed by atoms with Gasteiger partial charge in [0.1, 0.15) is 11.3 Å². The molecule has 178 valence electrons. The van der Waals surface area contributed by atoms with E-state index in [1.165, 1.54) is 5.56 Å². The summed E-state index contributed by atoms with van der Waals surface area (Å²) in [5.41, 5.74) is 4.14. The quantitative estimate of drug-likeness (QED) is 0.511. The van der Waals surface area contributed by atoms with Crippen LogP contribution in [0, 0.1) is 6.92 Å². The molecule has 4 rings (SSSR count). The number of ether oxygens (including phenoxy) is 1. The zero-order valence-electron chi connectivity index (χ0n) is 20.4. The Morgan fingerprint density at radius 2 is 1.76 bits per heavy atom. The zero-order valence-corrected chi connectivity index (χ0v) is 20.4. The zero-order chi connectivity index (χ0) is 24.1. The second-order valence-corrected chi connectivity index (χ2v) is 9.05. The molecule has 0 unspecified atom stereocenters. The first-order valence-corrected chi connectivity index (χ1v) is 12.2. The molecular formula is C29H34N2O3. The van der Waals surface area contributed by atoms with Gasteiger partial charge in [0.15, 0.2) is 5.43 Å². The van der Waals surface area contributed by atoms with Gasteiger partial charge in [-0.1, -0.05) is 55.5 Å². The number of para-hydroxylation sites is 1. The van der Waals surface area contributed by atoms with Crippen molar-refractivity contribution in [3.05, 3.63) is 99.0 Å². The van der Waals surface area contributed by atoms with Crippen LogP contribution in [0.4, 0.5) is 0 Å². The molecule has 5 nitrogen and oxygen atoms in total. The van der Waals surface area contributed by atoms with Crippen molar-refractivity contribution in [2.75, 3.05) is 20.2 Å². The molecule has 0 bridgehead atoms. The van der Waals surface area contributed by atoms with Crippen LogP contribution in [0.3, 0.4) is 0 Å². The van der Waals surface area contributed by atoms with Gasteiger partial charge in [0.05, 0.1) is 13.7 Å². The summed E-state index contributed by atoms with van der Waals surface area (Å²) in [6.07, 6.45) is 3.51. The van der Waals surface area contributed by atoms with Crippen LogP contribution in [0.1, 0.15) is 65.0 Å². The molecule has 3 aromatic rings. The number of rotatable bonds is 6. The summed E-state index contributed by atoms with van der Waals surface area (Å²) < 4.78 is 7.63. The fourth-order valence-electron chi connectivity index (χ4n) is 5.17. The van der Waals surface area contributed by atoms with Crippen molar-refractivity contribution in [2.45, 2.75) is 52.0 Å². The number of aryl methyl sites for hydroxylation is 1. The third-order valence-corrected chi connectivity index (χ3v) is 6.98. The van der Waals surface area contributed by atoms with Gasteiger partial charge in [0.2, 0.25) is 0 Å². The van der Waals surface area contributed by atoms with Crippen molar-refractivity contribution in [3.63, 3.8) is 0 Å². The number of nitrogens with zero attached hydrogens (tertiary/aromatic N) is 2. The molecule has 1 amide bonds. The van der Waals surface area contributed by atoms with Crippen molar-refractivity contribution in [1.29, 1.82) is 0 Å². The minimum absolute atomic E-state index is 0.135. The van der Waals surface area contributed by atoms with Gasteiger partial charge in [0.25, 0.3) is 5.91 Å². The normalized spacial score (nSPS) is 16.2. The predicted octanol–water partition coefficient (Wildman–Crippen LogP) is 5.19. The van der Waals surface area contributed by atoms with Gasteiger partial charge in [-0.25, -0.2) is 0 Å². The second-order valence-electron chi connectivity index (χ2n) is 9.05. The third kappa shape index (κ3) is 4.93. The lowest BCUT2D eigenvalue weighted by atomic mass is 9.92. The lowest BCUT2D eigenvalue weighted by Crippen LogP contribution is -2.37. The van der Waals surface area contributed by atoms with Crippen LogP contribution in [0.5, 0.6) is 5.75 Å². The van der Waals surface area contributed by atoms with E-state index >= 15 is 0 Å². The van der Waals surface area contributed by atoms with Crippen LogP contribution in [0.2, 0.25) is 0 Å². The molecule has 1 atom stereocenters. The smallest absolute Gasteiger partial charge is 0.259 e. The van der Waals surface area contributed by atoms with Crippen LogP contribution in [-0.2, 0) is 13.0 Å². The van der Waals surface area contributed by atoms with E-state index in [2.05, 4.69) is 28.8 Å². The first-order chi connectivity index (χ1) is 16.5. The largest absolute Gasteiger partial charge is 0.496 e. The van der Waals surface area contributed by atoms with E-state index in [4.69, 9.17) is 4.74 Å². The molecule has 0 saturated carbocycles. The number of benzene rings is 2. The molecule has 0 spiro atoms. The molecular weight excluding hydrogens is 424 g/mol. The van der Waals surface area contributed by atoms with Crippen molar-refractivity contribution in [1.82, 2.24) is 9.47 Å². The Morgan fingerprint density at radius 3 is 2.50 bits per heavy atom. The molecule has 1 aromatic heterocycles. The van der Waals surface area contributed by atoms with Crippen molar-refractivity contribution < 1.29 is 9.53 Å². The van der Waals surface area contributed by atoms with Gasteiger partial charge < -0.3 is 14.2 Å². The fraction of sp³-hybridized carbons (Fsp3) is 0.379. The summed E-state index contributed by atoms with van der Waals surface area (Å²) in [5.74, 6) is 1.12. The van der Waals surface area contributed by atoms with Crippen LogP contribution < -0.4 is 10.2 Å². The molecule has 0 aliphatic carbocycles. The van der Waals surface area contributed by atoms with Crippen molar-refractivity contribution in [3.8, 4) is 5.75 Å². The van der Waals surface area contributed by atoms with Gasteiger partial charge in [0, 0.05) is 36.1 Å². The summed E-state index contributed by atoms with van der Waals surface area (Å²) in [6.45, 7) is 5.85. The Hall–Kier alpha value is -3.34. The summed E-state index contributed by atoms with van der Waals surface area (Å²) in [4.78, 5) is 28.7. The number of methoxy groups -OCH3 is 1. The van der Waals surface area contributed by atoms with E-state index in [9.17, 15) is 9.59 Å². The average molecular weight is 459 g/mol. The predicted molar refractivity (Wildman–Crippen MR) is 136 cm³/mol. The Bertz CT molecular complexity index is 1200. The summed E-state index contributed by atoms with van der Waals surface area (Å²) in [7, 11) is 1.66. The summed E-state index contributed by atoms with van der Waals surface area (Å²) >= 11 is 0. The van der Waals surface area contributed by atoms with E-state index in [-0.39, 0.29) is 11.3 Å². The van der Waals surface area contributed by atoms with Crippen molar-refractivity contribution >= 4 is 5.91 Å². The molecule has 0 radical (unpaired) electrons. The van der Waals surface area contributed by atoms with Crippen LogP contribution >= 0.6 is 0 Å². The molecule has 2 heterocycles. The number of carbonyl (C=O) groups is 1. The highest BCUT2D eigenvalue weighted by Gasteiger charge is 2.27. The second kappa shape index (κ2) is 10.7. The number of carbonyl (C=O) groups excluding carboxylic acids is 1. The monoisotopic (exact) mass is 458 g/mol. The van der Waals surface area contributed by atoms with Crippen molar-refractivity contribution in [2.24, 2.45) is 0 Å². The number of hydrogen-bond donors (Lipinski definition) is 0. The average Bonchev–Trinajstić information content (AvgIpc) is 3.12. The standard InChI is InChI=1S/C29H34N2O3/c1-4-25-28(26(32)19-21(2)31(25)20-24-13-8-9-15-27(24)34-3)29(33)30-17-10-14-23(16-18-30)22-11-6-5-7-12-22/h5-9,11-13,15,19,23H,4,10,14,16-18,20H2,1-3H3/t23-/m1/s1. The number of hydrogen-bond acceptors (Lipinski definition) is 3. The van der Waals surface area contributed by atoms with E-state index < -0.39 is 0 Å². The highest BCUT2D eigenvalue weighted by molar-refractivity contribution is 5.95. The lowest BCUT2D eigenvalue weighted by Gasteiger charge is -2.25. The van der Waals surface area contributed by atoms with Gasteiger partial charge in [-0.2, -0.15) is 0 Å². The summed E-state index contributed by atoms with van der Waals surface area (Å²) in [5, 5.41) is 0.